The normalized spacial score (nSPS) is 36.8. The zero-order valence-corrected chi connectivity index (χ0v) is 17.0. The first-order valence-electron chi connectivity index (χ1n) is 8.70. The molecule has 0 saturated heterocycles. The summed E-state index contributed by atoms with van der Waals surface area (Å²) >= 11 is 17.8. The van der Waals surface area contributed by atoms with Crippen LogP contribution in [0.4, 0.5) is 0 Å². The maximum Gasteiger partial charge on any atom is 0.310 e. The number of halogens is 3. The summed E-state index contributed by atoms with van der Waals surface area (Å²) in [4.78, 5) is 12.7. The van der Waals surface area contributed by atoms with Crippen LogP contribution in [0.15, 0.2) is 0 Å². The second-order valence-electron chi connectivity index (χ2n) is 8.53. The molecular weight excluding hydrogens is 355 g/mol. The Morgan fingerprint density at radius 1 is 1.26 bits per heavy atom. The van der Waals surface area contributed by atoms with E-state index in [0.717, 1.165) is 12.8 Å². The van der Waals surface area contributed by atoms with Gasteiger partial charge in [0.2, 0.25) is 0 Å². The Labute approximate surface area is 155 Å². The van der Waals surface area contributed by atoms with E-state index in [9.17, 15) is 4.79 Å². The van der Waals surface area contributed by atoms with Gasteiger partial charge in [0.05, 0.1) is 5.92 Å². The molecule has 0 radical (unpaired) electrons. The first-order valence-corrected chi connectivity index (χ1v) is 9.84. The molecule has 2 nitrogen and oxygen atoms in total. The molecule has 2 aliphatic rings. The molecular formula is C18H29Cl3O2. The van der Waals surface area contributed by atoms with E-state index in [1.165, 1.54) is 6.42 Å². The number of carbonyl (C=O) groups is 1. The van der Waals surface area contributed by atoms with Crippen LogP contribution in [0.25, 0.3) is 0 Å². The number of alkyl halides is 3. The molecule has 0 spiro atoms. The third kappa shape index (κ3) is 4.70. The van der Waals surface area contributed by atoms with Gasteiger partial charge in [0.25, 0.3) is 0 Å². The summed E-state index contributed by atoms with van der Waals surface area (Å²) in [6, 6.07) is 0. The molecule has 0 aromatic rings. The lowest BCUT2D eigenvalue weighted by Crippen LogP contribution is -2.36. The maximum atomic E-state index is 12.7. The number of hydrogen-bond donors (Lipinski definition) is 0. The van der Waals surface area contributed by atoms with Gasteiger partial charge >= 0.3 is 5.97 Å². The van der Waals surface area contributed by atoms with Gasteiger partial charge in [-0.15, -0.1) is 0 Å². The second-order valence-corrected chi connectivity index (χ2v) is 11.0. The lowest BCUT2D eigenvalue weighted by atomic mass is 9.75. The minimum absolute atomic E-state index is 0.0380. The Morgan fingerprint density at radius 3 is 2.39 bits per heavy atom. The van der Waals surface area contributed by atoms with Gasteiger partial charge in [-0.3, -0.25) is 4.79 Å². The van der Waals surface area contributed by atoms with Gasteiger partial charge in [-0.1, -0.05) is 75.8 Å². The van der Waals surface area contributed by atoms with Crippen molar-refractivity contribution in [2.24, 2.45) is 35.0 Å². The quantitative estimate of drug-likeness (QED) is 0.438. The molecule has 2 aliphatic carbocycles. The molecule has 0 aromatic carbocycles. The molecule has 0 amide bonds. The average molecular weight is 384 g/mol. The highest BCUT2D eigenvalue weighted by Crippen LogP contribution is 2.63. The number of carbonyl (C=O) groups excluding carboxylic acids is 1. The van der Waals surface area contributed by atoms with Crippen molar-refractivity contribution < 1.29 is 9.53 Å². The molecule has 0 aliphatic heterocycles. The van der Waals surface area contributed by atoms with Crippen LogP contribution in [0.3, 0.4) is 0 Å². The summed E-state index contributed by atoms with van der Waals surface area (Å²) in [6.07, 6.45) is 3.77. The van der Waals surface area contributed by atoms with Crippen LogP contribution in [-0.2, 0) is 9.53 Å². The van der Waals surface area contributed by atoms with Crippen molar-refractivity contribution >= 4 is 40.8 Å². The van der Waals surface area contributed by atoms with Crippen LogP contribution in [0, 0.1) is 35.0 Å². The van der Waals surface area contributed by atoms with Crippen LogP contribution < -0.4 is 0 Å². The fraction of sp³-hybridized carbons (Fsp3) is 0.944. The fourth-order valence-electron chi connectivity index (χ4n) is 4.32. The van der Waals surface area contributed by atoms with Crippen LogP contribution in [0.2, 0.25) is 0 Å². The summed E-state index contributed by atoms with van der Waals surface area (Å²) in [5.74, 6) is 1.45. The van der Waals surface area contributed by atoms with Crippen LogP contribution in [0.1, 0.15) is 60.3 Å². The molecule has 0 aromatic heterocycles. The Morgan fingerprint density at radius 2 is 1.87 bits per heavy atom. The van der Waals surface area contributed by atoms with Gasteiger partial charge in [-0.2, -0.15) is 0 Å². The van der Waals surface area contributed by atoms with Crippen LogP contribution in [-0.4, -0.2) is 15.9 Å². The van der Waals surface area contributed by atoms with E-state index in [1.54, 1.807) is 0 Å². The summed E-state index contributed by atoms with van der Waals surface area (Å²) < 4.78 is 4.66. The Balaban J connectivity index is 2.00. The summed E-state index contributed by atoms with van der Waals surface area (Å²) in [5, 5.41) is 0. The number of rotatable bonds is 4. The topological polar surface area (TPSA) is 26.3 Å². The molecule has 5 heteroatoms. The molecule has 2 rings (SSSR count). The smallest absolute Gasteiger partial charge is 0.310 e. The van der Waals surface area contributed by atoms with Crippen molar-refractivity contribution in [3.63, 3.8) is 0 Å². The summed E-state index contributed by atoms with van der Waals surface area (Å²) in [7, 11) is 0. The third-order valence-electron chi connectivity index (χ3n) is 5.98. The minimum atomic E-state index is -1.31. The van der Waals surface area contributed by atoms with Gasteiger partial charge in [-0.25, -0.2) is 0 Å². The van der Waals surface area contributed by atoms with Crippen molar-refractivity contribution in [2.45, 2.75) is 70.2 Å². The monoisotopic (exact) mass is 382 g/mol. The summed E-state index contributed by atoms with van der Waals surface area (Å²) in [6.45, 7) is 10.8. The molecule has 5 atom stereocenters. The van der Waals surface area contributed by atoms with Gasteiger partial charge in [0.15, 0.2) is 3.79 Å². The number of ether oxygens (including phenoxy) is 1. The Bertz CT molecular complexity index is 442. The molecule has 5 unspecified atom stereocenters. The lowest BCUT2D eigenvalue weighted by molar-refractivity contribution is -0.158. The van der Waals surface area contributed by atoms with Gasteiger partial charge in [0.1, 0.15) is 6.10 Å². The first-order chi connectivity index (χ1) is 10.4. The largest absolute Gasteiger partial charge is 0.462 e. The number of hydrogen-bond acceptors (Lipinski definition) is 2. The highest BCUT2D eigenvalue weighted by Gasteiger charge is 2.64. The molecule has 0 N–H and O–H groups in total. The second kappa shape index (κ2) is 6.92. The minimum Gasteiger partial charge on any atom is -0.462 e. The van der Waals surface area contributed by atoms with Crippen molar-refractivity contribution in [2.75, 3.05) is 0 Å². The Kier molecular flexibility index (Phi) is 5.92. The molecule has 2 saturated carbocycles. The molecule has 23 heavy (non-hydrogen) atoms. The van der Waals surface area contributed by atoms with Crippen molar-refractivity contribution in [3.05, 3.63) is 0 Å². The molecule has 2 fully saturated rings. The van der Waals surface area contributed by atoms with E-state index in [1.807, 2.05) is 0 Å². The van der Waals surface area contributed by atoms with E-state index in [0.29, 0.717) is 24.2 Å². The van der Waals surface area contributed by atoms with Gasteiger partial charge in [-0.05, 0) is 48.3 Å². The van der Waals surface area contributed by atoms with E-state index in [2.05, 4.69) is 34.6 Å². The van der Waals surface area contributed by atoms with Crippen LogP contribution >= 0.6 is 34.8 Å². The summed E-state index contributed by atoms with van der Waals surface area (Å²) in [5.41, 5.74) is -0.144. The molecule has 0 heterocycles. The van der Waals surface area contributed by atoms with Crippen LogP contribution in [0.5, 0.6) is 0 Å². The molecule has 134 valence electrons. The number of esters is 1. The highest BCUT2D eigenvalue weighted by molar-refractivity contribution is 6.67. The van der Waals surface area contributed by atoms with Crippen molar-refractivity contribution in [3.8, 4) is 0 Å². The van der Waals surface area contributed by atoms with Crippen molar-refractivity contribution in [1.29, 1.82) is 0 Å². The van der Waals surface area contributed by atoms with E-state index in [-0.39, 0.29) is 29.3 Å². The SMILES string of the molecule is CC1CCC(C(C)C)C(OC(=O)C2C(CC(Cl)(Cl)Cl)C2(C)C)C1. The van der Waals surface area contributed by atoms with E-state index >= 15 is 0 Å². The van der Waals surface area contributed by atoms with Gasteiger partial charge < -0.3 is 4.74 Å². The third-order valence-corrected chi connectivity index (χ3v) is 6.45. The first kappa shape index (κ1) is 19.7. The predicted octanol–water partition coefficient (Wildman–Crippen LogP) is 6.02. The van der Waals surface area contributed by atoms with Crippen molar-refractivity contribution in [1.82, 2.24) is 0 Å². The van der Waals surface area contributed by atoms with E-state index in [4.69, 9.17) is 39.5 Å². The maximum absolute atomic E-state index is 12.7. The molecule has 0 bridgehead atoms. The zero-order valence-electron chi connectivity index (χ0n) is 14.7. The standard InChI is InChI=1S/C18H29Cl3O2/c1-10(2)12-7-6-11(3)8-14(12)23-16(22)15-13(17(15,4)5)9-18(19,20)21/h10-15H,6-9H2,1-5H3. The Hall–Kier alpha value is 0.340. The highest BCUT2D eigenvalue weighted by atomic mass is 35.6. The fourth-order valence-corrected chi connectivity index (χ4v) is 4.81. The zero-order chi connectivity index (χ0) is 17.6. The average Bonchev–Trinajstić information content (AvgIpc) is 2.87. The van der Waals surface area contributed by atoms with E-state index < -0.39 is 3.79 Å². The predicted molar refractivity (Wildman–Crippen MR) is 96.9 cm³/mol. The van der Waals surface area contributed by atoms with Gasteiger partial charge in [0, 0.05) is 0 Å². The lowest BCUT2D eigenvalue weighted by Gasteiger charge is -2.36.